The molecule has 7 heteroatoms. The minimum absolute atomic E-state index is 0.0323. The molecule has 2 saturated heterocycles. The number of aromatic nitrogens is 1. The molecule has 24 heavy (non-hydrogen) atoms. The van der Waals surface area contributed by atoms with Gasteiger partial charge in [0.05, 0.1) is 12.2 Å². The average molecular weight is 335 g/mol. The van der Waals surface area contributed by atoms with Crippen molar-refractivity contribution in [3.05, 3.63) is 17.5 Å². The number of rotatable bonds is 4. The summed E-state index contributed by atoms with van der Waals surface area (Å²) in [5.74, 6) is -0.0861. The van der Waals surface area contributed by atoms with Crippen molar-refractivity contribution in [2.75, 3.05) is 19.6 Å². The lowest BCUT2D eigenvalue weighted by Gasteiger charge is -2.48. The number of carbonyl (C=O) groups excluding carboxylic acids is 1. The van der Waals surface area contributed by atoms with Gasteiger partial charge in [0.25, 0.3) is 0 Å². The maximum absolute atomic E-state index is 12.1. The second kappa shape index (κ2) is 6.55. The second-order valence-corrected chi connectivity index (χ2v) is 7.25. The summed E-state index contributed by atoms with van der Waals surface area (Å²) >= 11 is 0. The summed E-state index contributed by atoms with van der Waals surface area (Å²) in [4.78, 5) is 27.3. The molecule has 0 radical (unpaired) electrons. The molecule has 1 atom stereocenters. The fourth-order valence-corrected chi connectivity index (χ4v) is 3.84. The van der Waals surface area contributed by atoms with E-state index in [1.165, 1.54) is 0 Å². The monoisotopic (exact) mass is 335 g/mol. The summed E-state index contributed by atoms with van der Waals surface area (Å²) in [5.41, 5.74) is 0.952. The van der Waals surface area contributed by atoms with Gasteiger partial charge in [0, 0.05) is 19.0 Å². The smallest absolute Gasteiger partial charge is 0.326 e. The molecule has 0 aromatic carbocycles. The van der Waals surface area contributed by atoms with E-state index in [1.807, 2.05) is 13.0 Å². The number of likely N-dealkylation sites (tertiary alicyclic amines) is 2. The molecule has 1 aromatic heterocycles. The molecule has 0 unspecified atom stereocenters. The number of piperidine rings is 2. The van der Waals surface area contributed by atoms with Crippen LogP contribution in [-0.4, -0.2) is 57.6 Å². The van der Waals surface area contributed by atoms with Crippen LogP contribution in [0.5, 0.6) is 0 Å². The predicted molar refractivity (Wildman–Crippen MR) is 86.2 cm³/mol. The molecular formula is C17H25N3O4. The molecule has 1 aromatic rings. The zero-order chi connectivity index (χ0) is 17.3. The Morgan fingerprint density at radius 1 is 1.42 bits per heavy atom. The highest BCUT2D eigenvalue weighted by atomic mass is 16.5. The van der Waals surface area contributed by atoms with Crippen molar-refractivity contribution < 1.29 is 19.2 Å². The minimum Gasteiger partial charge on any atom is -0.480 e. The van der Waals surface area contributed by atoms with Crippen molar-refractivity contribution in [2.24, 2.45) is 5.41 Å². The van der Waals surface area contributed by atoms with Crippen LogP contribution in [0.25, 0.3) is 0 Å². The van der Waals surface area contributed by atoms with Gasteiger partial charge in [0.1, 0.15) is 6.04 Å². The minimum atomic E-state index is -0.932. The summed E-state index contributed by atoms with van der Waals surface area (Å²) < 4.78 is 5.28. The number of hydrogen-bond acceptors (Lipinski definition) is 5. The van der Waals surface area contributed by atoms with E-state index >= 15 is 0 Å². The Morgan fingerprint density at radius 3 is 2.71 bits per heavy atom. The third-order valence-corrected chi connectivity index (χ3v) is 5.49. The molecule has 2 aliphatic heterocycles. The van der Waals surface area contributed by atoms with E-state index in [0.29, 0.717) is 13.0 Å². The van der Waals surface area contributed by atoms with Crippen LogP contribution in [0.15, 0.2) is 10.6 Å². The van der Waals surface area contributed by atoms with E-state index in [2.05, 4.69) is 10.1 Å². The Morgan fingerprint density at radius 2 is 2.12 bits per heavy atom. The first-order valence-corrected chi connectivity index (χ1v) is 8.55. The van der Waals surface area contributed by atoms with Crippen LogP contribution >= 0.6 is 0 Å². The maximum Gasteiger partial charge on any atom is 0.326 e. The summed E-state index contributed by atoms with van der Waals surface area (Å²) in [6, 6.07) is 1.21. The van der Waals surface area contributed by atoms with Crippen molar-refractivity contribution in [1.29, 1.82) is 0 Å². The quantitative estimate of drug-likeness (QED) is 0.900. The third kappa shape index (κ3) is 3.45. The van der Waals surface area contributed by atoms with Crippen LogP contribution in [0.2, 0.25) is 0 Å². The van der Waals surface area contributed by atoms with Gasteiger partial charge in [-0.1, -0.05) is 5.16 Å². The highest BCUT2D eigenvalue weighted by molar-refractivity contribution is 5.84. The number of amides is 1. The van der Waals surface area contributed by atoms with Crippen LogP contribution in [-0.2, 0) is 16.1 Å². The van der Waals surface area contributed by atoms with Gasteiger partial charge in [-0.2, -0.15) is 0 Å². The van der Waals surface area contributed by atoms with Crippen LogP contribution in [0.1, 0.15) is 44.1 Å². The van der Waals surface area contributed by atoms with Gasteiger partial charge < -0.3 is 14.5 Å². The summed E-state index contributed by atoms with van der Waals surface area (Å²) in [6.07, 6.45) is 3.29. The van der Waals surface area contributed by atoms with Crippen LogP contribution in [0.4, 0.5) is 0 Å². The molecule has 0 aliphatic carbocycles. The van der Waals surface area contributed by atoms with Crippen LogP contribution in [0.3, 0.4) is 0 Å². The molecule has 3 heterocycles. The Hall–Kier alpha value is -1.89. The zero-order valence-electron chi connectivity index (χ0n) is 14.3. The van der Waals surface area contributed by atoms with E-state index < -0.39 is 12.0 Å². The highest BCUT2D eigenvalue weighted by Crippen LogP contribution is 2.41. The van der Waals surface area contributed by atoms with E-state index in [1.54, 1.807) is 11.8 Å². The SMILES string of the molecule is Cc1cc(CN2CCC3(CCC(=O)N([C@@H](C)C(=O)O)C3)CC2)on1. The van der Waals surface area contributed by atoms with Gasteiger partial charge in [-0.15, -0.1) is 0 Å². The highest BCUT2D eigenvalue weighted by Gasteiger charge is 2.43. The topological polar surface area (TPSA) is 86.9 Å². The van der Waals surface area contributed by atoms with Gasteiger partial charge in [-0.05, 0) is 51.6 Å². The van der Waals surface area contributed by atoms with Crippen molar-refractivity contribution in [1.82, 2.24) is 15.0 Å². The molecule has 0 bridgehead atoms. The van der Waals surface area contributed by atoms with Crippen molar-refractivity contribution >= 4 is 11.9 Å². The lowest BCUT2D eigenvalue weighted by Crippen LogP contribution is -2.55. The van der Waals surface area contributed by atoms with Crippen molar-refractivity contribution in [2.45, 2.75) is 52.1 Å². The largest absolute Gasteiger partial charge is 0.480 e. The van der Waals surface area contributed by atoms with Gasteiger partial charge in [-0.3, -0.25) is 9.69 Å². The van der Waals surface area contributed by atoms with E-state index in [4.69, 9.17) is 4.52 Å². The normalized spacial score (nSPS) is 22.8. The first-order valence-electron chi connectivity index (χ1n) is 8.55. The van der Waals surface area contributed by atoms with E-state index in [-0.39, 0.29) is 11.3 Å². The first-order chi connectivity index (χ1) is 11.4. The third-order valence-electron chi connectivity index (χ3n) is 5.49. The Kier molecular flexibility index (Phi) is 4.62. The van der Waals surface area contributed by atoms with Crippen LogP contribution < -0.4 is 0 Å². The Balaban J connectivity index is 1.60. The summed E-state index contributed by atoms with van der Waals surface area (Å²) in [6.45, 7) is 6.70. The van der Waals surface area contributed by atoms with Gasteiger partial charge in [0.15, 0.2) is 5.76 Å². The second-order valence-electron chi connectivity index (χ2n) is 7.25. The average Bonchev–Trinajstić information content (AvgIpc) is 2.96. The fourth-order valence-electron chi connectivity index (χ4n) is 3.84. The Labute approximate surface area is 141 Å². The lowest BCUT2D eigenvalue weighted by atomic mass is 9.72. The number of nitrogens with zero attached hydrogens (tertiary/aromatic N) is 3. The molecule has 132 valence electrons. The molecule has 2 fully saturated rings. The number of carbonyl (C=O) groups is 2. The summed E-state index contributed by atoms with van der Waals surface area (Å²) in [7, 11) is 0. The molecule has 7 nitrogen and oxygen atoms in total. The number of aliphatic carboxylic acids is 1. The van der Waals surface area contributed by atoms with Gasteiger partial charge in [-0.25, -0.2) is 4.79 Å². The molecular weight excluding hydrogens is 310 g/mol. The fraction of sp³-hybridized carbons (Fsp3) is 0.706. The zero-order valence-corrected chi connectivity index (χ0v) is 14.3. The van der Waals surface area contributed by atoms with Gasteiger partial charge >= 0.3 is 5.97 Å². The Bertz CT molecular complexity index is 619. The lowest BCUT2D eigenvalue weighted by molar-refractivity contribution is -0.155. The molecule has 3 rings (SSSR count). The molecule has 2 aliphatic rings. The summed E-state index contributed by atoms with van der Waals surface area (Å²) in [5, 5.41) is 13.1. The predicted octanol–water partition coefficient (Wildman–Crippen LogP) is 1.66. The first kappa shape index (κ1) is 17.0. The number of carboxylic acids is 1. The van der Waals surface area contributed by atoms with Gasteiger partial charge in [0.2, 0.25) is 5.91 Å². The number of aryl methyl sites for hydroxylation is 1. The molecule has 1 amide bonds. The molecule has 1 N–H and O–H groups in total. The maximum atomic E-state index is 12.1. The van der Waals surface area contributed by atoms with E-state index in [9.17, 15) is 14.7 Å². The standard InChI is InChI=1S/C17H25N3O4/c1-12-9-14(24-18-12)10-19-7-5-17(6-8-19)4-3-15(21)20(11-17)13(2)16(22)23/h9,13H,3-8,10-11H2,1-2H3,(H,22,23)/t13-/m0/s1. The van der Waals surface area contributed by atoms with Crippen molar-refractivity contribution in [3.63, 3.8) is 0 Å². The van der Waals surface area contributed by atoms with Crippen LogP contribution in [0, 0.1) is 12.3 Å². The molecule has 0 saturated carbocycles. The van der Waals surface area contributed by atoms with Crippen molar-refractivity contribution in [3.8, 4) is 0 Å². The van der Waals surface area contributed by atoms with E-state index in [0.717, 1.165) is 50.4 Å². The number of carboxylic acid groups (broad SMARTS) is 1. The number of hydrogen-bond donors (Lipinski definition) is 1. The molecule has 1 spiro atoms.